The van der Waals surface area contributed by atoms with E-state index >= 15 is 0 Å². The van der Waals surface area contributed by atoms with Gasteiger partial charge in [-0.05, 0) is 71.2 Å². The molecule has 0 unspecified atom stereocenters. The van der Waals surface area contributed by atoms with E-state index in [1.165, 1.54) is 38.9 Å². The number of anilines is 1. The van der Waals surface area contributed by atoms with Crippen molar-refractivity contribution in [3.8, 4) is 11.1 Å². The maximum absolute atomic E-state index is 12.4. The van der Waals surface area contributed by atoms with Gasteiger partial charge in [0.15, 0.2) is 0 Å². The summed E-state index contributed by atoms with van der Waals surface area (Å²) in [7, 11) is 1.99. The minimum Gasteiger partial charge on any atom is -0.374 e. The zero-order valence-electron chi connectivity index (χ0n) is 22.6. The number of likely N-dealkylation sites (N-methyl/N-ethyl adjacent to an activating group) is 1. The standard InChI is InChI=1S/C35H36N2O/c1-24-29(27-17-19-30-28(23-27)18-20-32-35(30,2)22-21-33(38)37(32)3)15-10-16-31(24)36-34(25-11-6-4-7-12-25)26-13-8-5-9-14-26/h4-17,19,23,32,34,36H,18,20-22H2,1-3H3/t32-,35-/m1/s1. The van der Waals surface area contributed by atoms with Gasteiger partial charge in [-0.1, -0.05) is 97.9 Å². The molecule has 1 saturated heterocycles. The molecule has 4 aromatic carbocycles. The van der Waals surface area contributed by atoms with Crippen molar-refractivity contribution in [3.05, 3.63) is 125 Å². The number of aryl methyl sites for hydroxylation is 1. The van der Waals surface area contributed by atoms with Crippen molar-refractivity contribution in [2.24, 2.45) is 0 Å². The summed E-state index contributed by atoms with van der Waals surface area (Å²) in [5.41, 5.74) is 10.3. The highest BCUT2D eigenvalue weighted by Crippen LogP contribution is 2.46. The van der Waals surface area contributed by atoms with Crippen LogP contribution in [0.4, 0.5) is 5.69 Å². The number of hydrogen-bond donors (Lipinski definition) is 1. The average Bonchev–Trinajstić information content (AvgIpc) is 2.95. The van der Waals surface area contributed by atoms with Crippen LogP contribution < -0.4 is 5.32 Å². The molecule has 0 aromatic heterocycles. The molecule has 6 rings (SSSR count). The van der Waals surface area contributed by atoms with Gasteiger partial charge in [0.1, 0.15) is 0 Å². The number of nitrogens with one attached hydrogen (secondary N) is 1. The molecule has 38 heavy (non-hydrogen) atoms. The van der Waals surface area contributed by atoms with E-state index in [-0.39, 0.29) is 17.4 Å². The summed E-state index contributed by atoms with van der Waals surface area (Å²) in [5.74, 6) is 0.289. The fourth-order valence-corrected chi connectivity index (χ4v) is 6.86. The lowest BCUT2D eigenvalue weighted by Crippen LogP contribution is -2.56. The molecule has 1 amide bonds. The fourth-order valence-electron chi connectivity index (χ4n) is 6.86. The molecule has 0 radical (unpaired) electrons. The molecule has 1 fully saturated rings. The van der Waals surface area contributed by atoms with E-state index in [2.05, 4.69) is 116 Å². The molecule has 192 valence electrons. The van der Waals surface area contributed by atoms with E-state index in [0.717, 1.165) is 24.9 Å². The molecule has 0 spiro atoms. The van der Waals surface area contributed by atoms with E-state index in [1.54, 1.807) is 0 Å². The molecule has 2 aliphatic rings. The number of piperidine rings is 1. The van der Waals surface area contributed by atoms with Gasteiger partial charge in [0.25, 0.3) is 0 Å². The molecule has 3 heteroatoms. The third kappa shape index (κ3) is 4.20. The second-order valence-electron chi connectivity index (χ2n) is 11.2. The maximum Gasteiger partial charge on any atom is 0.222 e. The summed E-state index contributed by atoms with van der Waals surface area (Å²) < 4.78 is 0. The van der Waals surface area contributed by atoms with Crippen molar-refractivity contribution in [3.63, 3.8) is 0 Å². The van der Waals surface area contributed by atoms with Crippen LogP contribution in [-0.2, 0) is 16.6 Å². The Morgan fingerprint density at radius 2 is 1.55 bits per heavy atom. The zero-order valence-corrected chi connectivity index (χ0v) is 22.6. The highest BCUT2D eigenvalue weighted by Gasteiger charge is 2.46. The first-order chi connectivity index (χ1) is 18.5. The van der Waals surface area contributed by atoms with Gasteiger partial charge in [-0.25, -0.2) is 0 Å². The Bertz CT molecular complexity index is 1420. The van der Waals surface area contributed by atoms with Crippen LogP contribution in [0.15, 0.2) is 97.1 Å². The molecule has 1 N–H and O–H groups in total. The second-order valence-corrected chi connectivity index (χ2v) is 11.2. The van der Waals surface area contributed by atoms with Gasteiger partial charge in [0.05, 0.1) is 6.04 Å². The van der Waals surface area contributed by atoms with E-state index in [0.29, 0.717) is 12.5 Å². The second kappa shape index (κ2) is 9.79. The van der Waals surface area contributed by atoms with Crippen LogP contribution in [0.5, 0.6) is 0 Å². The number of benzene rings is 4. The molecular formula is C35H36N2O. The van der Waals surface area contributed by atoms with Gasteiger partial charge < -0.3 is 10.2 Å². The van der Waals surface area contributed by atoms with Crippen LogP contribution in [0.1, 0.15) is 60.0 Å². The summed E-state index contributed by atoms with van der Waals surface area (Å²) in [6.07, 6.45) is 3.63. The summed E-state index contributed by atoms with van der Waals surface area (Å²) in [4.78, 5) is 14.4. The lowest BCUT2D eigenvalue weighted by Gasteiger charge is -2.50. The van der Waals surface area contributed by atoms with Crippen molar-refractivity contribution in [2.75, 3.05) is 12.4 Å². The molecule has 2 atom stereocenters. The van der Waals surface area contributed by atoms with Crippen molar-refractivity contribution in [1.29, 1.82) is 0 Å². The summed E-state index contributed by atoms with van der Waals surface area (Å²) in [5, 5.41) is 3.87. The van der Waals surface area contributed by atoms with Gasteiger partial charge in [-0.2, -0.15) is 0 Å². The van der Waals surface area contributed by atoms with E-state index in [9.17, 15) is 4.79 Å². The van der Waals surface area contributed by atoms with E-state index < -0.39 is 0 Å². The lowest BCUT2D eigenvalue weighted by molar-refractivity contribution is -0.138. The first kappa shape index (κ1) is 24.5. The first-order valence-electron chi connectivity index (χ1n) is 13.8. The Morgan fingerprint density at radius 3 is 2.24 bits per heavy atom. The third-order valence-electron chi connectivity index (χ3n) is 9.07. The predicted octanol–water partition coefficient (Wildman–Crippen LogP) is 7.69. The van der Waals surface area contributed by atoms with E-state index in [4.69, 9.17) is 0 Å². The minimum absolute atomic E-state index is 0.0335. The molecule has 0 saturated carbocycles. The highest BCUT2D eigenvalue weighted by molar-refractivity contribution is 5.79. The summed E-state index contributed by atoms with van der Waals surface area (Å²) in [6, 6.07) is 35.3. The number of fused-ring (bicyclic) bond motifs is 3. The first-order valence-corrected chi connectivity index (χ1v) is 13.8. The fraction of sp³-hybridized carbons (Fsp3) is 0.286. The Labute approximate surface area is 226 Å². The Morgan fingerprint density at radius 1 is 0.868 bits per heavy atom. The van der Waals surface area contributed by atoms with Gasteiger partial charge >= 0.3 is 0 Å². The largest absolute Gasteiger partial charge is 0.374 e. The number of carbonyl (C=O) groups excluding carboxylic acids is 1. The van der Waals surface area contributed by atoms with E-state index in [1.807, 2.05) is 11.9 Å². The number of carbonyl (C=O) groups is 1. The normalized spacial score (nSPS) is 20.7. The molecule has 4 aromatic rings. The minimum atomic E-state index is 0.0335. The number of rotatable bonds is 5. The Balaban J connectivity index is 1.35. The van der Waals surface area contributed by atoms with Gasteiger partial charge in [-0.3, -0.25) is 4.79 Å². The SMILES string of the molecule is Cc1c(NC(c2ccccc2)c2ccccc2)cccc1-c1ccc2c(c1)CC[C@H]1N(C)C(=O)CC[C@]21C. The van der Waals surface area contributed by atoms with Crippen LogP contribution in [-0.4, -0.2) is 23.9 Å². The van der Waals surface area contributed by atoms with Crippen LogP contribution >= 0.6 is 0 Å². The van der Waals surface area contributed by atoms with Crippen LogP contribution in [0.3, 0.4) is 0 Å². The van der Waals surface area contributed by atoms with Crippen LogP contribution in [0, 0.1) is 6.92 Å². The topological polar surface area (TPSA) is 32.3 Å². The number of likely N-dealkylation sites (tertiary alicyclic amines) is 1. The van der Waals surface area contributed by atoms with Crippen molar-refractivity contribution >= 4 is 11.6 Å². The van der Waals surface area contributed by atoms with Crippen molar-refractivity contribution in [2.45, 2.75) is 57.0 Å². The van der Waals surface area contributed by atoms with Crippen molar-refractivity contribution < 1.29 is 4.79 Å². The quantitative estimate of drug-likeness (QED) is 0.305. The molecular weight excluding hydrogens is 464 g/mol. The molecule has 3 nitrogen and oxygen atoms in total. The van der Waals surface area contributed by atoms with Crippen LogP contribution in [0.2, 0.25) is 0 Å². The molecule has 0 bridgehead atoms. The third-order valence-corrected chi connectivity index (χ3v) is 9.07. The maximum atomic E-state index is 12.4. The van der Waals surface area contributed by atoms with Gasteiger partial charge in [0, 0.05) is 30.6 Å². The Kier molecular flexibility index (Phi) is 6.31. The summed E-state index contributed by atoms with van der Waals surface area (Å²) in [6.45, 7) is 4.59. The predicted molar refractivity (Wildman–Crippen MR) is 156 cm³/mol. The summed E-state index contributed by atoms with van der Waals surface area (Å²) >= 11 is 0. The van der Waals surface area contributed by atoms with Crippen LogP contribution in [0.25, 0.3) is 11.1 Å². The average molecular weight is 501 g/mol. The number of hydrogen-bond acceptors (Lipinski definition) is 2. The molecule has 1 heterocycles. The Hall–Kier alpha value is -3.85. The highest BCUT2D eigenvalue weighted by atomic mass is 16.2. The lowest BCUT2D eigenvalue weighted by atomic mass is 9.63. The monoisotopic (exact) mass is 500 g/mol. The number of nitrogens with zero attached hydrogens (tertiary/aromatic N) is 1. The smallest absolute Gasteiger partial charge is 0.222 e. The van der Waals surface area contributed by atoms with Crippen molar-refractivity contribution in [1.82, 2.24) is 4.90 Å². The van der Waals surface area contributed by atoms with Gasteiger partial charge in [-0.15, -0.1) is 0 Å². The van der Waals surface area contributed by atoms with Gasteiger partial charge in [0.2, 0.25) is 5.91 Å². The zero-order chi connectivity index (χ0) is 26.3. The number of amides is 1. The molecule has 1 aliphatic carbocycles. The molecule has 1 aliphatic heterocycles.